The average molecular weight is 298 g/mol. The highest BCUT2D eigenvalue weighted by Crippen LogP contribution is 2.28. The third-order valence-electron chi connectivity index (χ3n) is 3.26. The summed E-state index contributed by atoms with van der Waals surface area (Å²) in [5, 5.41) is 4.68. The molecule has 0 aliphatic carbocycles. The van der Waals surface area contributed by atoms with E-state index in [-0.39, 0.29) is 6.04 Å². The molecule has 2 rings (SSSR count). The predicted molar refractivity (Wildman–Crippen MR) is 80.1 cm³/mol. The number of furan rings is 1. The summed E-state index contributed by atoms with van der Waals surface area (Å²) in [7, 11) is 1.95. The molecule has 0 aliphatic rings. The highest BCUT2D eigenvalue weighted by atomic mass is 35.5. The lowest BCUT2D eigenvalue weighted by Crippen LogP contribution is -2.19. The molecule has 0 saturated carbocycles. The van der Waals surface area contributed by atoms with E-state index in [0.717, 1.165) is 24.2 Å². The quantitative estimate of drug-likeness (QED) is 0.869. The van der Waals surface area contributed by atoms with Crippen molar-refractivity contribution in [3.63, 3.8) is 0 Å². The molecule has 0 fully saturated rings. The molecule has 4 heteroatoms. The Morgan fingerprint density at radius 3 is 2.68 bits per heavy atom. The molecule has 0 amide bonds. The summed E-state index contributed by atoms with van der Waals surface area (Å²) in [5.41, 5.74) is 2.27. The van der Waals surface area contributed by atoms with Gasteiger partial charge in [-0.05, 0) is 37.2 Å². The van der Waals surface area contributed by atoms with Crippen LogP contribution in [0.15, 0.2) is 34.9 Å². The molecule has 1 aromatic carbocycles. The molecule has 2 aromatic rings. The Kier molecular flexibility index (Phi) is 4.92. The molecule has 0 aliphatic heterocycles. The van der Waals surface area contributed by atoms with E-state index < -0.39 is 0 Å². The van der Waals surface area contributed by atoms with Crippen molar-refractivity contribution in [2.75, 3.05) is 7.05 Å². The number of benzene rings is 1. The summed E-state index contributed by atoms with van der Waals surface area (Å²) in [6.45, 7) is 2.09. The summed E-state index contributed by atoms with van der Waals surface area (Å²) in [6.07, 6.45) is 3.43. The van der Waals surface area contributed by atoms with Crippen LogP contribution in [0.1, 0.15) is 29.9 Å². The number of nitrogens with one attached hydrogen (secondary N) is 1. The highest BCUT2D eigenvalue weighted by molar-refractivity contribution is 6.35. The summed E-state index contributed by atoms with van der Waals surface area (Å²) in [4.78, 5) is 0. The maximum absolute atomic E-state index is 6.23. The second kappa shape index (κ2) is 6.47. The van der Waals surface area contributed by atoms with E-state index in [4.69, 9.17) is 27.6 Å². The maximum atomic E-state index is 6.23. The third kappa shape index (κ3) is 3.33. The minimum atomic E-state index is 0.187. The third-order valence-corrected chi connectivity index (χ3v) is 3.85. The summed E-state index contributed by atoms with van der Waals surface area (Å²) in [6, 6.07) is 7.82. The van der Waals surface area contributed by atoms with Crippen molar-refractivity contribution in [2.45, 2.75) is 25.8 Å². The fourth-order valence-electron chi connectivity index (χ4n) is 2.22. The molecule has 1 unspecified atom stereocenters. The molecule has 0 saturated heterocycles. The second-order valence-electron chi connectivity index (χ2n) is 4.43. The number of halogens is 2. The molecular formula is C15H17Cl2NO. The molecule has 19 heavy (non-hydrogen) atoms. The van der Waals surface area contributed by atoms with E-state index in [1.54, 1.807) is 12.3 Å². The van der Waals surface area contributed by atoms with Gasteiger partial charge in [0.05, 0.1) is 6.26 Å². The van der Waals surface area contributed by atoms with Crippen LogP contribution < -0.4 is 5.32 Å². The van der Waals surface area contributed by atoms with E-state index in [2.05, 4.69) is 12.2 Å². The monoisotopic (exact) mass is 297 g/mol. The van der Waals surface area contributed by atoms with Crippen LogP contribution in [0.3, 0.4) is 0 Å². The Labute approximate surface area is 123 Å². The number of rotatable bonds is 5. The standard InChI is InChI=1S/C15H17Cl2NO/c1-3-15-12(6-7-19-15)14(18-2)8-10-4-5-11(16)9-13(10)17/h4-7,9,14,18H,3,8H2,1-2H3. The Morgan fingerprint density at radius 2 is 2.05 bits per heavy atom. The van der Waals surface area contributed by atoms with Gasteiger partial charge >= 0.3 is 0 Å². The first-order valence-corrected chi connectivity index (χ1v) is 7.08. The van der Waals surface area contributed by atoms with E-state index in [1.165, 1.54) is 5.56 Å². The summed E-state index contributed by atoms with van der Waals surface area (Å²) >= 11 is 12.1. The summed E-state index contributed by atoms with van der Waals surface area (Å²) in [5.74, 6) is 1.02. The van der Waals surface area contributed by atoms with Crippen molar-refractivity contribution in [3.05, 3.63) is 57.5 Å². The van der Waals surface area contributed by atoms with Crippen LogP contribution in [0.2, 0.25) is 10.0 Å². The van der Waals surface area contributed by atoms with Crippen molar-refractivity contribution in [1.82, 2.24) is 5.32 Å². The van der Waals surface area contributed by atoms with E-state index in [9.17, 15) is 0 Å². The molecule has 2 nitrogen and oxygen atoms in total. The first-order valence-electron chi connectivity index (χ1n) is 6.33. The van der Waals surface area contributed by atoms with Crippen molar-refractivity contribution in [1.29, 1.82) is 0 Å². The number of likely N-dealkylation sites (N-methyl/N-ethyl adjacent to an activating group) is 1. The zero-order valence-electron chi connectivity index (χ0n) is 11.0. The molecule has 0 bridgehead atoms. The molecular weight excluding hydrogens is 281 g/mol. The minimum absolute atomic E-state index is 0.187. The van der Waals surface area contributed by atoms with Crippen LogP contribution in [0.25, 0.3) is 0 Å². The lowest BCUT2D eigenvalue weighted by Gasteiger charge is -2.17. The maximum Gasteiger partial charge on any atom is 0.108 e. The molecule has 1 atom stereocenters. The Balaban J connectivity index is 2.24. The fraction of sp³-hybridized carbons (Fsp3) is 0.333. The number of hydrogen-bond donors (Lipinski definition) is 1. The lowest BCUT2D eigenvalue weighted by atomic mass is 9.98. The van der Waals surface area contributed by atoms with Crippen molar-refractivity contribution < 1.29 is 4.42 Å². The van der Waals surface area contributed by atoms with Crippen molar-refractivity contribution in [2.24, 2.45) is 0 Å². The smallest absolute Gasteiger partial charge is 0.108 e. The normalized spacial score (nSPS) is 12.6. The highest BCUT2D eigenvalue weighted by Gasteiger charge is 2.17. The molecule has 0 radical (unpaired) electrons. The van der Waals surface area contributed by atoms with Gasteiger partial charge in [-0.1, -0.05) is 36.2 Å². The van der Waals surface area contributed by atoms with Gasteiger partial charge in [0.25, 0.3) is 0 Å². The van der Waals surface area contributed by atoms with Gasteiger partial charge in [-0.25, -0.2) is 0 Å². The topological polar surface area (TPSA) is 25.2 Å². The van der Waals surface area contributed by atoms with Crippen LogP contribution >= 0.6 is 23.2 Å². The second-order valence-corrected chi connectivity index (χ2v) is 5.28. The average Bonchev–Trinajstić information content (AvgIpc) is 2.86. The van der Waals surface area contributed by atoms with Gasteiger partial charge in [-0.3, -0.25) is 0 Å². The Hall–Kier alpha value is -0.960. The zero-order valence-corrected chi connectivity index (χ0v) is 12.6. The largest absolute Gasteiger partial charge is 0.469 e. The number of hydrogen-bond acceptors (Lipinski definition) is 2. The Morgan fingerprint density at radius 1 is 1.26 bits per heavy atom. The number of aryl methyl sites for hydroxylation is 1. The Bertz CT molecular complexity index is 551. The van der Waals surface area contributed by atoms with Gasteiger partial charge < -0.3 is 9.73 Å². The first-order chi connectivity index (χ1) is 9.15. The van der Waals surface area contributed by atoms with Gasteiger partial charge in [-0.2, -0.15) is 0 Å². The fourth-order valence-corrected chi connectivity index (χ4v) is 2.71. The molecule has 1 heterocycles. The first kappa shape index (κ1) is 14.4. The van der Waals surface area contributed by atoms with Gasteiger partial charge in [-0.15, -0.1) is 0 Å². The van der Waals surface area contributed by atoms with E-state index >= 15 is 0 Å². The van der Waals surface area contributed by atoms with E-state index in [0.29, 0.717) is 10.0 Å². The van der Waals surface area contributed by atoms with Gasteiger partial charge in [0.2, 0.25) is 0 Å². The molecule has 1 N–H and O–H groups in total. The SMILES string of the molecule is CCc1occc1C(Cc1ccc(Cl)cc1Cl)NC. The molecule has 1 aromatic heterocycles. The van der Waals surface area contributed by atoms with Gasteiger partial charge in [0.1, 0.15) is 5.76 Å². The van der Waals surface area contributed by atoms with E-state index in [1.807, 2.05) is 25.2 Å². The van der Waals surface area contributed by atoms with Crippen LogP contribution in [-0.2, 0) is 12.8 Å². The van der Waals surface area contributed by atoms with Crippen molar-refractivity contribution in [3.8, 4) is 0 Å². The van der Waals surface area contributed by atoms with Gasteiger partial charge in [0.15, 0.2) is 0 Å². The molecule has 0 spiro atoms. The minimum Gasteiger partial charge on any atom is -0.469 e. The van der Waals surface area contributed by atoms with Crippen LogP contribution in [-0.4, -0.2) is 7.05 Å². The zero-order chi connectivity index (χ0) is 13.8. The van der Waals surface area contributed by atoms with Crippen molar-refractivity contribution >= 4 is 23.2 Å². The van der Waals surface area contributed by atoms with Crippen LogP contribution in [0, 0.1) is 0 Å². The lowest BCUT2D eigenvalue weighted by molar-refractivity contribution is 0.495. The van der Waals surface area contributed by atoms with Crippen LogP contribution in [0.5, 0.6) is 0 Å². The molecule has 102 valence electrons. The van der Waals surface area contributed by atoms with Gasteiger partial charge in [0, 0.05) is 28.1 Å². The van der Waals surface area contributed by atoms with Crippen LogP contribution in [0.4, 0.5) is 0 Å². The predicted octanol–water partition coefficient (Wildman–Crippen LogP) is 4.65. The summed E-state index contributed by atoms with van der Waals surface area (Å²) < 4.78 is 5.49.